The third-order valence-electron chi connectivity index (χ3n) is 8.34. The van der Waals surface area contributed by atoms with E-state index in [9.17, 15) is 22.8 Å². The summed E-state index contributed by atoms with van der Waals surface area (Å²) < 4.78 is 46.2. The van der Waals surface area contributed by atoms with Crippen molar-refractivity contribution < 1.29 is 27.5 Å². The van der Waals surface area contributed by atoms with Crippen LogP contribution in [0.5, 0.6) is 0 Å². The van der Waals surface area contributed by atoms with E-state index in [1.54, 1.807) is 11.9 Å². The van der Waals surface area contributed by atoms with Crippen molar-refractivity contribution in [2.75, 3.05) is 25.0 Å². The molecule has 2 amide bonds. The number of likely N-dealkylation sites (N-methyl/N-ethyl adjacent to an activating group) is 1. The van der Waals surface area contributed by atoms with Gasteiger partial charge in [-0.2, -0.15) is 13.2 Å². The van der Waals surface area contributed by atoms with Gasteiger partial charge in [0, 0.05) is 32.4 Å². The molecule has 4 aliphatic carbocycles. The molecule has 0 radical (unpaired) electrons. The van der Waals surface area contributed by atoms with Gasteiger partial charge in [-0.05, 0) is 68.4 Å². The number of anilines is 1. The lowest BCUT2D eigenvalue weighted by Gasteiger charge is -2.58. The molecular weight excluding hydrogens is 437 g/mol. The van der Waals surface area contributed by atoms with Crippen LogP contribution in [0.1, 0.15) is 44.1 Å². The summed E-state index contributed by atoms with van der Waals surface area (Å²) in [5.41, 5.74) is 4.50. The molecule has 4 saturated carbocycles. The van der Waals surface area contributed by atoms with Crippen LogP contribution in [0.15, 0.2) is 18.3 Å². The van der Waals surface area contributed by atoms with Crippen molar-refractivity contribution in [3.8, 4) is 0 Å². The van der Waals surface area contributed by atoms with Gasteiger partial charge in [0.25, 0.3) is 0 Å². The summed E-state index contributed by atoms with van der Waals surface area (Å²) in [6, 6.07) is 2.00. The Kier molecular flexibility index (Phi) is 5.25. The predicted octanol–water partition coefficient (Wildman–Crippen LogP) is 3.43. The summed E-state index contributed by atoms with van der Waals surface area (Å²) >= 11 is 0. The Labute approximate surface area is 190 Å². The average Bonchev–Trinajstić information content (AvgIpc) is 3.25. The monoisotopic (exact) mass is 466 g/mol. The normalized spacial score (nSPS) is 35.0. The summed E-state index contributed by atoms with van der Waals surface area (Å²) in [5, 5.41) is 0. The van der Waals surface area contributed by atoms with E-state index in [0.717, 1.165) is 25.3 Å². The second-order valence-electron chi connectivity index (χ2n) is 10.3. The molecular formula is C23H29F3N4O3. The molecule has 180 valence electrons. The molecule has 0 aromatic carbocycles. The van der Waals surface area contributed by atoms with E-state index in [2.05, 4.69) is 4.98 Å². The fourth-order valence-corrected chi connectivity index (χ4v) is 6.96. The van der Waals surface area contributed by atoms with Gasteiger partial charge in [0.2, 0.25) is 5.91 Å². The highest BCUT2D eigenvalue weighted by Crippen LogP contribution is 2.60. The highest BCUT2D eigenvalue weighted by molar-refractivity contribution is 5.81. The third kappa shape index (κ3) is 3.81. The van der Waals surface area contributed by atoms with E-state index in [-0.39, 0.29) is 42.3 Å². The number of alkyl halides is 3. The minimum Gasteiger partial charge on any atom is -0.446 e. The maximum atomic E-state index is 13.4. The number of aromatic nitrogens is 1. The molecule has 2 heterocycles. The number of likely N-dealkylation sites (tertiary alicyclic amines) is 1. The van der Waals surface area contributed by atoms with Gasteiger partial charge in [-0.1, -0.05) is 0 Å². The molecule has 33 heavy (non-hydrogen) atoms. The van der Waals surface area contributed by atoms with Gasteiger partial charge >= 0.3 is 12.3 Å². The standard InChI is InChI=1S/C23H29F3N4O3/c1-29(19-17(23(24,25)26)3-2-5-28-19)16-4-6-30(12-16)21(32)33-18-14-7-13-8-15(18)11-22(9-13,10-14)20(27)31/h2-3,5,13-16,18H,4,6-12H2,1H3,(H2,27,31)/t13?,14?,15?,16?,18-,22-. The number of ether oxygens (including phenoxy) is 1. The van der Waals surface area contributed by atoms with Gasteiger partial charge < -0.3 is 20.3 Å². The Balaban J connectivity index is 1.23. The molecule has 0 spiro atoms. The van der Waals surface area contributed by atoms with Crippen LogP contribution in [-0.2, 0) is 15.7 Å². The van der Waals surface area contributed by atoms with Crippen molar-refractivity contribution in [3.05, 3.63) is 23.9 Å². The molecule has 3 unspecified atom stereocenters. The molecule has 1 saturated heterocycles. The second kappa shape index (κ2) is 7.77. The van der Waals surface area contributed by atoms with E-state index >= 15 is 0 Å². The number of hydrogen-bond donors (Lipinski definition) is 1. The summed E-state index contributed by atoms with van der Waals surface area (Å²) in [6.07, 6.45) is 0.845. The minimum absolute atomic E-state index is 0.136. The third-order valence-corrected chi connectivity index (χ3v) is 8.34. The average molecular weight is 467 g/mol. The van der Waals surface area contributed by atoms with Crippen molar-refractivity contribution in [3.63, 3.8) is 0 Å². The topological polar surface area (TPSA) is 88.8 Å². The lowest BCUT2D eigenvalue weighted by atomic mass is 9.48. The van der Waals surface area contributed by atoms with Gasteiger partial charge in [0.05, 0.1) is 11.0 Å². The van der Waals surface area contributed by atoms with Crippen molar-refractivity contribution >= 4 is 17.8 Å². The number of amides is 2. The Morgan fingerprint density at radius 2 is 1.94 bits per heavy atom. The first kappa shape index (κ1) is 22.3. The molecule has 3 atom stereocenters. The molecule has 10 heteroatoms. The maximum absolute atomic E-state index is 13.4. The van der Waals surface area contributed by atoms with Crippen LogP contribution < -0.4 is 10.6 Å². The summed E-state index contributed by atoms with van der Waals surface area (Å²) in [7, 11) is 1.58. The molecule has 1 aromatic heterocycles. The van der Waals surface area contributed by atoms with E-state index in [1.165, 1.54) is 17.2 Å². The first-order chi connectivity index (χ1) is 15.6. The van der Waals surface area contributed by atoms with Crippen LogP contribution in [0, 0.1) is 23.2 Å². The quantitative estimate of drug-likeness (QED) is 0.735. The largest absolute Gasteiger partial charge is 0.446 e. The molecule has 6 rings (SSSR count). The van der Waals surface area contributed by atoms with Gasteiger partial charge in [-0.15, -0.1) is 0 Å². The highest BCUT2D eigenvalue weighted by atomic mass is 19.4. The lowest BCUT2D eigenvalue weighted by molar-refractivity contribution is -0.161. The van der Waals surface area contributed by atoms with E-state index in [4.69, 9.17) is 10.5 Å². The molecule has 2 N–H and O–H groups in total. The van der Waals surface area contributed by atoms with Crippen LogP contribution in [0.25, 0.3) is 0 Å². The molecule has 4 bridgehead atoms. The maximum Gasteiger partial charge on any atom is 0.419 e. The highest BCUT2D eigenvalue weighted by Gasteiger charge is 2.59. The van der Waals surface area contributed by atoms with E-state index < -0.39 is 23.2 Å². The number of halogens is 3. The Hall–Kier alpha value is -2.52. The van der Waals surface area contributed by atoms with Gasteiger partial charge in [-0.3, -0.25) is 4.79 Å². The number of primary amides is 1. The molecule has 5 aliphatic rings. The molecule has 1 aromatic rings. The van der Waals surface area contributed by atoms with Gasteiger partial charge in [0.1, 0.15) is 11.9 Å². The van der Waals surface area contributed by atoms with Crippen molar-refractivity contribution in [2.24, 2.45) is 28.9 Å². The number of rotatable bonds is 4. The first-order valence-corrected chi connectivity index (χ1v) is 11.6. The first-order valence-electron chi connectivity index (χ1n) is 11.6. The zero-order valence-corrected chi connectivity index (χ0v) is 18.6. The van der Waals surface area contributed by atoms with Crippen LogP contribution in [0.4, 0.5) is 23.8 Å². The Morgan fingerprint density at radius 3 is 2.58 bits per heavy atom. The fraction of sp³-hybridized carbons (Fsp3) is 0.696. The summed E-state index contributed by atoms with van der Waals surface area (Å²) in [5.74, 6) is 0.400. The second-order valence-corrected chi connectivity index (χ2v) is 10.3. The number of hydrogen-bond acceptors (Lipinski definition) is 5. The minimum atomic E-state index is -4.50. The van der Waals surface area contributed by atoms with E-state index in [1.807, 2.05) is 0 Å². The van der Waals surface area contributed by atoms with Crippen molar-refractivity contribution in [1.29, 1.82) is 0 Å². The zero-order valence-electron chi connectivity index (χ0n) is 18.6. The zero-order chi connectivity index (χ0) is 23.5. The lowest BCUT2D eigenvalue weighted by Crippen LogP contribution is -2.59. The van der Waals surface area contributed by atoms with Crippen molar-refractivity contribution in [2.45, 2.75) is 56.8 Å². The van der Waals surface area contributed by atoms with Crippen molar-refractivity contribution in [1.82, 2.24) is 9.88 Å². The number of nitrogens with zero attached hydrogens (tertiary/aromatic N) is 3. The molecule has 1 aliphatic heterocycles. The van der Waals surface area contributed by atoms with Crippen LogP contribution in [0.2, 0.25) is 0 Å². The SMILES string of the molecule is CN(c1ncccc1C(F)(F)F)C1CCN(C(=O)O[C@H]2C3CC4CC2C[C@](C(N)=O)(C4)C3)C1. The number of pyridine rings is 1. The smallest absolute Gasteiger partial charge is 0.419 e. The Morgan fingerprint density at radius 1 is 1.24 bits per heavy atom. The van der Waals surface area contributed by atoms with Gasteiger partial charge in [0.15, 0.2) is 0 Å². The number of nitrogens with two attached hydrogens (primary N) is 1. The van der Waals surface area contributed by atoms with Gasteiger partial charge in [-0.25, -0.2) is 9.78 Å². The Bertz CT molecular complexity index is 939. The van der Waals surface area contributed by atoms with Crippen LogP contribution in [0.3, 0.4) is 0 Å². The predicted molar refractivity (Wildman–Crippen MR) is 113 cm³/mol. The molecule has 7 nitrogen and oxygen atoms in total. The summed E-state index contributed by atoms with van der Waals surface area (Å²) in [4.78, 5) is 32.1. The number of carbonyl (C=O) groups is 2. The number of carbonyl (C=O) groups excluding carboxylic acids is 2. The van der Waals surface area contributed by atoms with E-state index in [0.29, 0.717) is 31.7 Å². The summed E-state index contributed by atoms with van der Waals surface area (Å²) in [6.45, 7) is 0.692. The molecule has 5 fully saturated rings. The van der Waals surface area contributed by atoms with Crippen LogP contribution >= 0.6 is 0 Å². The fourth-order valence-electron chi connectivity index (χ4n) is 6.96. The van der Waals surface area contributed by atoms with Crippen LogP contribution in [-0.4, -0.2) is 54.2 Å².